The topological polar surface area (TPSA) is 85.4 Å². The van der Waals surface area contributed by atoms with E-state index in [0.29, 0.717) is 35.1 Å². The zero-order chi connectivity index (χ0) is 24.9. The van der Waals surface area contributed by atoms with Gasteiger partial charge in [0, 0.05) is 24.8 Å². The third-order valence-electron chi connectivity index (χ3n) is 6.35. The number of methoxy groups -OCH3 is 1. The molecular weight excluding hydrogens is 468 g/mol. The number of nitrogens with one attached hydrogen (secondary N) is 1. The quantitative estimate of drug-likeness (QED) is 0.425. The van der Waals surface area contributed by atoms with Crippen LogP contribution in [0.4, 0.5) is 23.5 Å². The smallest absolute Gasteiger partial charge is 0.410 e. The van der Waals surface area contributed by atoms with Gasteiger partial charge in [-0.1, -0.05) is 11.3 Å². The van der Waals surface area contributed by atoms with Gasteiger partial charge in [-0.2, -0.15) is 18.2 Å². The fourth-order valence-electron chi connectivity index (χ4n) is 4.34. The van der Waals surface area contributed by atoms with Gasteiger partial charge in [0.2, 0.25) is 11.8 Å². The molecule has 1 aliphatic rings. The summed E-state index contributed by atoms with van der Waals surface area (Å²) in [5.74, 6) is 0.478. The van der Waals surface area contributed by atoms with Gasteiger partial charge in [0.25, 0.3) is 0 Å². The molecule has 1 fully saturated rings. The molecular formula is C22H24F4N8O. The number of piperidine rings is 1. The molecule has 0 saturated carbocycles. The van der Waals surface area contributed by atoms with Gasteiger partial charge in [-0.05, 0) is 44.2 Å². The van der Waals surface area contributed by atoms with Crippen molar-refractivity contribution < 1.29 is 22.3 Å². The molecule has 0 unspecified atom stereocenters. The molecule has 9 nitrogen and oxygen atoms in total. The van der Waals surface area contributed by atoms with Crippen molar-refractivity contribution in [3.05, 3.63) is 30.5 Å². The lowest BCUT2D eigenvalue weighted by Gasteiger charge is -2.32. The first-order valence-corrected chi connectivity index (χ1v) is 11.1. The number of rotatable bonds is 5. The minimum absolute atomic E-state index is 0.227. The molecule has 186 valence electrons. The number of anilines is 1. The zero-order valence-electron chi connectivity index (χ0n) is 19.3. The molecule has 0 radical (unpaired) electrons. The maximum absolute atomic E-state index is 14.5. The van der Waals surface area contributed by atoms with Gasteiger partial charge in [-0.15, -0.1) is 10.2 Å². The van der Waals surface area contributed by atoms with Gasteiger partial charge in [-0.3, -0.25) is 0 Å². The van der Waals surface area contributed by atoms with E-state index >= 15 is 0 Å². The van der Waals surface area contributed by atoms with E-state index in [-0.39, 0.29) is 17.3 Å². The summed E-state index contributed by atoms with van der Waals surface area (Å²) in [5.41, 5.74) is 2.41. The van der Waals surface area contributed by atoms with Crippen molar-refractivity contribution in [3.63, 3.8) is 0 Å². The number of fused-ring (bicyclic) bond motifs is 2. The number of aromatic nitrogens is 6. The number of benzene rings is 1. The Morgan fingerprint density at radius 1 is 1.23 bits per heavy atom. The van der Waals surface area contributed by atoms with Crippen molar-refractivity contribution in [1.82, 2.24) is 34.5 Å². The number of hydrogen-bond donors (Lipinski definition) is 1. The predicted octanol–water partition coefficient (Wildman–Crippen LogP) is 3.73. The lowest BCUT2D eigenvalue weighted by atomic mass is 10.0. The van der Waals surface area contributed by atoms with E-state index in [4.69, 9.17) is 4.74 Å². The SMILES string of the molecule is COc1nc(N[C@H]2CCN(C)C[C@H]2F)nn2ccc(-c3ccc4nnn([C@H](C)C(F)(F)F)c4c3)c12. The normalized spacial score (nSPS) is 20.4. The van der Waals surface area contributed by atoms with Gasteiger partial charge in [0.05, 0.1) is 18.7 Å². The summed E-state index contributed by atoms with van der Waals surface area (Å²) >= 11 is 0. The molecule has 1 aliphatic heterocycles. The Bertz CT molecular complexity index is 1370. The monoisotopic (exact) mass is 492 g/mol. The summed E-state index contributed by atoms with van der Waals surface area (Å²) in [7, 11) is 3.34. The van der Waals surface area contributed by atoms with E-state index in [1.165, 1.54) is 7.11 Å². The zero-order valence-corrected chi connectivity index (χ0v) is 19.3. The molecule has 4 heterocycles. The molecule has 4 aromatic rings. The predicted molar refractivity (Wildman–Crippen MR) is 121 cm³/mol. The summed E-state index contributed by atoms with van der Waals surface area (Å²) in [6.07, 6.45) is -3.23. The Hall–Kier alpha value is -3.48. The van der Waals surface area contributed by atoms with Crippen molar-refractivity contribution in [2.45, 2.75) is 37.8 Å². The maximum Gasteiger partial charge on any atom is 0.410 e. The Kier molecular flexibility index (Phi) is 5.74. The van der Waals surface area contributed by atoms with Crippen LogP contribution < -0.4 is 10.1 Å². The van der Waals surface area contributed by atoms with Gasteiger partial charge in [0.15, 0.2) is 0 Å². The van der Waals surface area contributed by atoms with E-state index < -0.39 is 24.4 Å². The molecule has 0 spiro atoms. The maximum atomic E-state index is 14.5. The molecule has 13 heteroatoms. The van der Waals surface area contributed by atoms with Crippen LogP contribution in [0.25, 0.3) is 27.7 Å². The number of hydrogen-bond acceptors (Lipinski definition) is 7. The molecule has 0 bridgehead atoms. The van der Waals surface area contributed by atoms with Crippen LogP contribution >= 0.6 is 0 Å². The molecule has 1 N–H and O–H groups in total. The average Bonchev–Trinajstić information content (AvgIpc) is 3.43. The van der Waals surface area contributed by atoms with Crippen LogP contribution in [-0.4, -0.2) is 80.1 Å². The summed E-state index contributed by atoms with van der Waals surface area (Å²) in [6, 6.07) is 4.48. The summed E-state index contributed by atoms with van der Waals surface area (Å²) in [5, 5.41) is 15.1. The van der Waals surface area contributed by atoms with E-state index in [1.807, 2.05) is 11.9 Å². The Labute approximate surface area is 197 Å². The standard InChI is InChI=1S/C22H24F4N8O/c1-12(22(24,25)26)34-18-10-13(4-5-17(18)29-31-34)14-6-9-33-19(14)20(35-3)28-21(30-33)27-16-7-8-32(2)11-15(16)23/h4-6,9-10,12,15-16H,7-8,11H2,1-3H3,(H,27,30)/t12-,15-,16+/m1/s1. The summed E-state index contributed by atoms with van der Waals surface area (Å²) < 4.78 is 62.4. The largest absolute Gasteiger partial charge is 0.479 e. The molecule has 35 heavy (non-hydrogen) atoms. The van der Waals surface area contributed by atoms with Crippen LogP contribution in [0.1, 0.15) is 19.4 Å². The number of alkyl halides is 4. The number of likely N-dealkylation sites (tertiary alicyclic amines) is 1. The summed E-state index contributed by atoms with van der Waals surface area (Å²) in [4.78, 5) is 6.36. The second-order valence-corrected chi connectivity index (χ2v) is 8.74. The molecule has 1 saturated heterocycles. The second-order valence-electron chi connectivity index (χ2n) is 8.74. The number of nitrogens with zero attached hydrogens (tertiary/aromatic N) is 7. The highest BCUT2D eigenvalue weighted by molar-refractivity contribution is 5.89. The van der Waals surface area contributed by atoms with Crippen molar-refractivity contribution in [3.8, 4) is 17.0 Å². The van der Waals surface area contributed by atoms with E-state index in [0.717, 1.165) is 18.2 Å². The number of ether oxygens (including phenoxy) is 1. The average molecular weight is 492 g/mol. The fraction of sp³-hybridized carbons (Fsp3) is 0.455. The molecule has 0 aliphatic carbocycles. The van der Waals surface area contributed by atoms with Gasteiger partial charge < -0.3 is 15.0 Å². The molecule has 3 aromatic heterocycles. The van der Waals surface area contributed by atoms with Crippen LogP contribution in [0.15, 0.2) is 30.5 Å². The highest BCUT2D eigenvalue weighted by Crippen LogP contribution is 2.35. The van der Waals surface area contributed by atoms with Crippen LogP contribution in [0.5, 0.6) is 5.88 Å². The van der Waals surface area contributed by atoms with Crippen LogP contribution in [-0.2, 0) is 0 Å². The van der Waals surface area contributed by atoms with Crippen LogP contribution in [0.2, 0.25) is 0 Å². The van der Waals surface area contributed by atoms with E-state index in [2.05, 4.69) is 25.7 Å². The van der Waals surface area contributed by atoms with E-state index in [1.54, 1.807) is 35.0 Å². The van der Waals surface area contributed by atoms with Gasteiger partial charge in [0.1, 0.15) is 23.2 Å². The molecule has 1 aromatic carbocycles. The van der Waals surface area contributed by atoms with Crippen molar-refractivity contribution >= 4 is 22.5 Å². The highest BCUT2D eigenvalue weighted by atomic mass is 19.4. The first-order valence-electron chi connectivity index (χ1n) is 11.1. The highest BCUT2D eigenvalue weighted by Gasteiger charge is 2.39. The molecule has 3 atom stereocenters. The third kappa shape index (κ3) is 4.24. The first-order chi connectivity index (χ1) is 16.7. The van der Waals surface area contributed by atoms with Gasteiger partial charge >= 0.3 is 6.18 Å². The Morgan fingerprint density at radius 3 is 2.74 bits per heavy atom. The van der Waals surface area contributed by atoms with Crippen LogP contribution in [0, 0.1) is 0 Å². The minimum atomic E-state index is -4.47. The Balaban J connectivity index is 1.53. The Morgan fingerprint density at radius 2 is 2.03 bits per heavy atom. The van der Waals surface area contributed by atoms with Crippen LogP contribution in [0.3, 0.4) is 0 Å². The van der Waals surface area contributed by atoms with Crippen molar-refractivity contribution in [2.24, 2.45) is 0 Å². The first kappa shape index (κ1) is 23.3. The lowest BCUT2D eigenvalue weighted by molar-refractivity contribution is -0.164. The second kappa shape index (κ2) is 8.63. The fourth-order valence-corrected chi connectivity index (χ4v) is 4.34. The van der Waals surface area contributed by atoms with E-state index in [9.17, 15) is 17.6 Å². The minimum Gasteiger partial charge on any atom is -0.479 e. The number of halogens is 4. The molecule has 5 rings (SSSR count). The van der Waals surface area contributed by atoms with Crippen molar-refractivity contribution in [2.75, 3.05) is 32.6 Å². The van der Waals surface area contributed by atoms with Gasteiger partial charge in [-0.25, -0.2) is 13.6 Å². The lowest BCUT2D eigenvalue weighted by Crippen LogP contribution is -2.46. The third-order valence-corrected chi connectivity index (χ3v) is 6.35. The molecule has 0 amide bonds. The van der Waals surface area contributed by atoms with Crippen molar-refractivity contribution in [1.29, 1.82) is 0 Å². The summed E-state index contributed by atoms with van der Waals surface area (Å²) in [6.45, 7) is 2.11.